The Balaban J connectivity index is 2.58. The van der Waals surface area contributed by atoms with E-state index in [1.54, 1.807) is 39.0 Å². The second-order valence-corrected chi connectivity index (χ2v) is 10.0. The van der Waals surface area contributed by atoms with E-state index in [9.17, 15) is 14.9 Å². The third kappa shape index (κ3) is 7.34. The van der Waals surface area contributed by atoms with Gasteiger partial charge in [-0.1, -0.05) is 11.6 Å². The van der Waals surface area contributed by atoms with E-state index >= 15 is 0 Å². The van der Waals surface area contributed by atoms with Crippen LogP contribution in [-0.2, 0) is 14.3 Å². The zero-order valence-corrected chi connectivity index (χ0v) is 20.9. The van der Waals surface area contributed by atoms with Gasteiger partial charge >= 0.3 is 5.97 Å². The number of hydrogen-bond acceptors (Lipinski definition) is 6. The van der Waals surface area contributed by atoms with Crippen molar-refractivity contribution in [3.63, 3.8) is 0 Å². The first-order chi connectivity index (χ1) is 15.3. The lowest BCUT2D eigenvalue weighted by molar-refractivity contribution is -0.160. The number of ether oxygens (including phenoxy) is 3. The van der Waals surface area contributed by atoms with E-state index in [0.29, 0.717) is 27.5 Å². The van der Waals surface area contributed by atoms with Crippen molar-refractivity contribution in [2.75, 3.05) is 13.7 Å². The number of nitriles is 1. The van der Waals surface area contributed by atoms with E-state index in [1.165, 1.54) is 23.9 Å². The van der Waals surface area contributed by atoms with Gasteiger partial charge in [0.2, 0.25) is 0 Å². The zero-order chi connectivity index (χ0) is 25.0. The van der Waals surface area contributed by atoms with E-state index in [1.807, 2.05) is 20.8 Å². The maximum absolute atomic E-state index is 13.2. The first-order valence-electron chi connectivity index (χ1n) is 10.6. The number of nitrogens with zero attached hydrogens (tertiary/aromatic N) is 2. The van der Waals surface area contributed by atoms with E-state index in [2.05, 4.69) is 6.07 Å². The number of aromatic nitrogens is 1. The molecule has 1 aromatic carbocycles. The number of methoxy groups -OCH3 is 1. The van der Waals surface area contributed by atoms with Gasteiger partial charge in [0.25, 0.3) is 5.56 Å². The van der Waals surface area contributed by atoms with Crippen LogP contribution >= 0.6 is 11.6 Å². The molecule has 0 fully saturated rings. The third-order valence-electron chi connectivity index (χ3n) is 4.60. The molecular weight excluding hydrogens is 444 g/mol. The summed E-state index contributed by atoms with van der Waals surface area (Å²) in [5.74, 6) is -0.226. The molecule has 1 atom stereocenters. The van der Waals surface area contributed by atoms with Crippen LogP contribution in [0.15, 0.2) is 35.3 Å². The van der Waals surface area contributed by atoms with Gasteiger partial charge in [-0.15, -0.1) is 0 Å². The Bertz CT molecular complexity index is 1100. The molecule has 2 rings (SSSR count). The van der Waals surface area contributed by atoms with Crippen LogP contribution in [-0.4, -0.2) is 35.5 Å². The second kappa shape index (κ2) is 10.4. The van der Waals surface area contributed by atoms with Crippen molar-refractivity contribution in [1.82, 2.24) is 4.57 Å². The quantitative estimate of drug-likeness (QED) is 0.516. The molecule has 1 heterocycles. The van der Waals surface area contributed by atoms with E-state index in [0.717, 1.165) is 0 Å². The first-order valence-corrected chi connectivity index (χ1v) is 11.0. The number of rotatable bonds is 7. The molecule has 33 heavy (non-hydrogen) atoms. The lowest BCUT2D eigenvalue weighted by atomic mass is 10.00. The molecular formula is C25H31ClN2O5. The highest BCUT2D eigenvalue weighted by Crippen LogP contribution is 2.33. The fourth-order valence-corrected chi connectivity index (χ4v) is 3.37. The van der Waals surface area contributed by atoms with Gasteiger partial charge in [0, 0.05) is 35.2 Å². The Labute approximate surface area is 199 Å². The summed E-state index contributed by atoms with van der Waals surface area (Å²) in [6.07, 6.45) is 1.70. The molecule has 0 aliphatic rings. The van der Waals surface area contributed by atoms with Crippen molar-refractivity contribution >= 4 is 17.6 Å². The largest absolute Gasteiger partial charge is 0.495 e. The molecule has 0 spiro atoms. The van der Waals surface area contributed by atoms with Crippen LogP contribution in [0.4, 0.5) is 0 Å². The van der Waals surface area contributed by atoms with E-state index < -0.39 is 28.8 Å². The summed E-state index contributed by atoms with van der Waals surface area (Å²) in [5.41, 5.74) is -0.345. The van der Waals surface area contributed by atoms with Crippen molar-refractivity contribution in [2.45, 2.75) is 65.2 Å². The van der Waals surface area contributed by atoms with Gasteiger partial charge in [-0.25, -0.2) is 4.79 Å². The number of carbonyl (C=O) groups excluding carboxylic acids is 1. The summed E-state index contributed by atoms with van der Waals surface area (Å²) >= 11 is 6.13. The predicted octanol–water partition coefficient (Wildman–Crippen LogP) is 5.14. The van der Waals surface area contributed by atoms with E-state index in [4.69, 9.17) is 25.8 Å². The monoisotopic (exact) mass is 474 g/mol. The Morgan fingerprint density at radius 1 is 1.12 bits per heavy atom. The molecule has 0 aliphatic heterocycles. The number of esters is 1. The number of halogens is 1. The van der Waals surface area contributed by atoms with Gasteiger partial charge in [0.15, 0.2) is 0 Å². The van der Waals surface area contributed by atoms with Gasteiger partial charge in [-0.3, -0.25) is 9.36 Å². The summed E-state index contributed by atoms with van der Waals surface area (Å²) in [6, 6.07) is 7.31. The smallest absolute Gasteiger partial charge is 0.329 e. The van der Waals surface area contributed by atoms with Crippen molar-refractivity contribution in [3.05, 3.63) is 51.4 Å². The molecule has 0 bridgehead atoms. The average molecular weight is 475 g/mol. The van der Waals surface area contributed by atoms with Crippen LogP contribution in [0, 0.1) is 11.3 Å². The van der Waals surface area contributed by atoms with Crippen molar-refractivity contribution in [1.29, 1.82) is 5.26 Å². The summed E-state index contributed by atoms with van der Waals surface area (Å²) in [6.45, 7) is 11.3. The van der Waals surface area contributed by atoms with Crippen LogP contribution in [0.1, 0.15) is 59.6 Å². The summed E-state index contributed by atoms with van der Waals surface area (Å²) in [4.78, 5) is 26.2. The normalized spacial score (nSPS) is 12.7. The standard InChI is InChI=1S/C25H31ClN2O5/c1-24(2,3)32-11-10-20(23(30)33-25(4,5)6)28-15-21(31-7)19(13-22(28)29)18-12-17(26)9-8-16(18)14-27/h8-9,12-13,15,20H,10-11H2,1-7H3. The number of hydrogen-bond donors (Lipinski definition) is 0. The minimum absolute atomic E-state index is 0.231. The SMILES string of the molecule is COc1cn(C(CCOC(C)(C)C)C(=O)OC(C)(C)C)c(=O)cc1-c1cc(Cl)ccc1C#N. The van der Waals surface area contributed by atoms with Gasteiger partial charge in [-0.05, 0) is 59.7 Å². The van der Waals surface area contributed by atoms with E-state index in [-0.39, 0.29) is 13.0 Å². The van der Waals surface area contributed by atoms with Crippen molar-refractivity contribution < 1.29 is 19.0 Å². The van der Waals surface area contributed by atoms with Crippen molar-refractivity contribution in [2.24, 2.45) is 0 Å². The highest BCUT2D eigenvalue weighted by atomic mass is 35.5. The lowest BCUT2D eigenvalue weighted by Crippen LogP contribution is -2.36. The topological polar surface area (TPSA) is 90.5 Å². The Morgan fingerprint density at radius 2 is 1.79 bits per heavy atom. The van der Waals surface area contributed by atoms with Crippen LogP contribution < -0.4 is 10.3 Å². The molecule has 1 aromatic heterocycles. The number of benzene rings is 1. The van der Waals surface area contributed by atoms with Gasteiger partial charge in [-0.2, -0.15) is 5.26 Å². The molecule has 0 N–H and O–H groups in total. The minimum Gasteiger partial charge on any atom is -0.495 e. The predicted molar refractivity (Wildman–Crippen MR) is 128 cm³/mol. The first kappa shape index (κ1) is 26.4. The van der Waals surface area contributed by atoms with Gasteiger partial charge < -0.3 is 14.2 Å². The molecule has 0 saturated heterocycles. The molecule has 0 aliphatic carbocycles. The van der Waals surface area contributed by atoms with Crippen molar-refractivity contribution in [3.8, 4) is 22.9 Å². The van der Waals surface area contributed by atoms with Crippen LogP contribution in [0.5, 0.6) is 5.75 Å². The molecule has 8 heteroatoms. The molecule has 0 radical (unpaired) electrons. The summed E-state index contributed by atoms with van der Waals surface area (Å²) in [7, 11) is 1.45. The molecule has 178 valence electrons. The number of carbonyl (C=O) groups is 1. The molecule has 2 aromatic rings. The molecule has 0 amide bonds. The van der Waals surface area contributed by atoms with Gasteiger partial charge in [0.05, 0.1) is 30.5 Å². The second-order valence-electron chi connectivity index (χ2n) is 9.60. The Morgan fingerprint density at radius 3 is 2.33 bits per heavy atom. The Hall–Kier alpha value is -2.82. The maximum atomic E-state index is 13.2. The zero-order valence-electron chi connectivity index (χ0n) is 20.2. The van der Waals surface area contributed by atoms with Crippen LogP contribution in [0.25, 0.3) is 11.1 Å². The summed E-state index contributed by atoms with van der Waals surface area (Å²) < 4.78 is 18.2. The Kier molecular flexibility index (Phi) is 8.34. The fourth-order valence-electron chi connectivity index (χ4n) is 3.20. The fraction of sp³-hybridized carbons (Fsp3) is 0.480. The minimum atomic E-state index is -0.920. The summed E-state index contributed by atoms with van der Waals surface area (Å²) in [5, 5.41) is 9.92. The maximum Gasteiger partial charge on any atom is 0.329 e. The highest BCUT2D eigenvalue weighted by molar-refractivity contribution is 6.31. The average Bonchev–Trinajstić information content (AvgIpc) is 2.69. The molecule has 0 saturated carbocycles. The van der Waals surface area contributed by atoms with Crippen LogP contribution in [0.2, 0.25) is 5.02 Å². The van der Waals surface area contributed by atoms with Crippen LogP contribution in [0.3, 0.4) is 0 Å². The molecule has 1 unspecified atom stereocenters. The third-order valence-corrected chi connectivity index (χ3v) is 4.83. The number of pyridine rings is 1. The highest BCUT2D eigenvalue weighted by Gasteiger charge is 2.29. The lowest BCUT2D eigenvalue weighted by Gasteiger charge is -2.27. The van der Waals surface area contributed by atoms with Gasteiger partial charge in [0.1, 0.15) is 17.4 Å². The molecule has 7 nitrogen and oxygen atoms in total.